The molecule has 1 unspecified atom stereocenters. The maximum Gasteiger partial charge on any atom is 0.293 e. The Balaban J connectivity index is 1.43. The van der Waals surface area contributed by atoms with E-state index in [1.165, 1.54) is 25.7 Å². The van der Waals surface area contributed by atoms with Gasteiger partial charge in [-0.2, -0.15) is 4.98 Å². The van der Waals surface area contributed by atoms with Crippen LogP contribution in [0.5, 0.6) is 0 Å². The Bertz CT molecular complexity index is 570. The number of hydrogen-bond donors (Lipinski definition) is 1. The molecule has 1 aliphatic carbocycles. The van der Waals surface area contributed by atoms with Crippen LogP contribution in [0.25, 0.3) is 11.7 Å². The van der Waals surface area contributed by atoms with Gasteiger partial charge in [-0.25, -0.2) is 0 Å². The highest BCUT2D eigenvalue weighted by molar-refractivity contribution is 5.42. The summed E-state index contributed by atoms with van der Waals surface area (Å²) >= 11 is 0. The van der Waals surface area contributed by atoms with Crippen LogP contribution >= 0.6 is 0 Å². The monoisotopic (exact) mass is 288 g/mol. The predicted octanol–water partition coefficient (Wildman–Crippen LogP) is 2.05. The number of furan rings is 1. The number of nitrogens with one attached hydrogen (secondary N) is 1. The fourth-order valence-corrected chi connectivity index (χ4v) is 2.98. The summed E-state index contributed by atoms with van der Waals surface area (Å²) in [6.07, 6.45) is 6.74. The molecule has 1 N–H and O–H groups in total. The van der Waals surface area contributed by atoms with E-state index >= 15 is 0 Å². The third-order valence-corrected chi connectivity index (χ3v) is 4.23. The van der Waals surface area contributed by atoms with E-state index in [1.54, 1.807) is 6.26 Å². The van der Waals surface area contributed by atoms with Crippen LogP contribution < -0.4 is 5.32 Å². The molecule has 2 aromatic heterocycles. The van der Waals surface area contributed by atoms with Gasteiger partial charge in [-0.15, -0.1) is 0 Å². The van der Waals surface area contributed by atoms with Crippen LogP contribution in [-0.4, -0.2) is 40.2 Å². The standard InChI is InChI=1S/C15H20N4O2/c1-3-11(16-7-1)9-19(12-5-6-12)10-14-17-15(21-18-14)13-4-2-8-20-13/h2,4,8,11-12,16H,1,3,5-7,9-10H2. The number of nitrogens with zero attached hydrogens (tertiary/aromatic N) is 3. The molecule has 1 atom stereocenters. The Kier molecular flexibility index (Phi) is 3.48. The number of aromatic nitrogens is 2. The average molecular weight is 288 g/mol. The zero-order chi connectivity index (χ0) is 14.1. The Morgan fingerprint density at radius 3 is 3.00 bits per heavy atom. The Hall–Kier alpha value is -1.66. The SMILES string of the molecule is c1coc(-c2nc(CN(CC3CCCN3)C3CC3)no2)c1. The van der Waals surface area contributed by atoms with E-state index in [1.807, 2.05) is 12.1 Å². The smallest absolute Gasteiger partial charge is 0.293 e. The highest BCUT2D eigenvalue weighted by atomic mass is 16.5. The van der Waals surface area contributed by atoms with Gasteiger partial charge >= 0.3 is 0 Å². The van der Waals surface area contributed by atoms with E-state index < -0.39 is 0 Å². The van der Waals surface area contributed by atoms with Gasteiger partial charge in [0.05, 0.1) is 12.8 Å². The molecule has 112 valence electrons. The molecule has 1 saturated heterocycles. The van der Waals surface area contributed by atoms with Gasteiger partial charge in [0.2, 0.25) is 0 Å². The van der Waals surface area contributed by atoms with Crippen molar-refractivity contribution in [3.63, 3.8) is 0 Å². The molecule has 21 heavy (non-hydrogen) atoms. The lowest BCUT2D eigenvalue weighted by Gasteiger charge is -2.23. The maximum atomic E-state index is 5.29. The van der Waals surface area contributed by atoms with Crippen LogP contribution in [0.1, 0.15) is 31.5 Å². The summed E-state index contributed by atoms with van der Waals surface area (Å²) in [4.78, 5) is 6.93. The molecule has 6 heteroatoms. The molecular weight excluding hydrogens is 268 g/mol. The van der Waals surface area contributed by atoms with E-state index in [0.717, 1.165) is 25.5 Å². The van der Waals surface area contributed by atoms with Crippen LogP contribution in [0.2, 0.25) is 0 Å². The molecule has 0 radical (unpaired) electrons. The van der Waals surface area contributed by atoms with Crippen molar-refractivity contribution in [3.8, 4) is 11.7 Å². The van der Waals surface area contributed by atoms with Crippen molar-refractivity contribution < 1.29 is 8.94 Å². The maximum absolute atomic E-state index is 5.29. The quantitative estimate of drug-likeness (QED) is 0.877. The van der Waals surface area contributed by atoms with Crippen molar-refractivity contribution in [1.82, 2.24) is 20.4 Å². The first-order valence-electron chi connectivity index (χ1n) is 7.72. The van der Waals surface area contributed by atoms with E-state index in [4.69, 9.17) is 8.94 Å². The summed E-state index contributed by atoms with van der Waals surface area (Å²) in [6, 6.07) is 4.96. The Morgan fingerprint density at radius 1 is 1.33 bits per heavy atom. The van der Waals surface area contributed by atoms with Crippen molar-refractivity contribution in [1.29, 1.82) is 0 Å². The lowest BCUT2D eigenvalue weighted by Crippen LogP contribution is -2.38. The fraction of sp³-hybridized carbons (Fsp3) is 0.600. The lowest BCUT2D eigenvalue weighted by atomic mass is 10.2. The van der Waals surface area contributed by atoms with Crippen LogP contribution in [0.4, 0.5) is 0 Å². The molecule has 2 aliphatic rings. The first kappa shape index (κ1) is 13.0. The Morgan fingerprint density at radius 2 is 2.29 bits per heavy atom. The van der Waals surface area contributed by atoms with E-state index in [0.29, 0.717) is 23.7 Å². The van der Waals surface area contributed by atoms with Gasteiger partial charge in [0, 0.05) is 18.6 Å². The Labute approximate surface area is 123 Å². The summed E-state index contributed by atoms with van der Waals surface area (Å²) in [5.41, 5.74) is 0. The highest BCUT2D eigenvalue weighted by Gasteiger charge is 2.32. The topological polar surface area (TPSA) is 67.3 Å². The van der Waals surface area contributed by atoms with E-state index in [2.05, 4.69) is 20.4 Å². The molecule has 0 aromatic carbocycles. The number of rotatable bonds is 6. The second kappa shape index (κ2) is 5.61. The van der Waals surface area contributed by atoms with Crippen molar-refractivity contribution in [3.05, 3.63) is 24.2 Å². The second-order valence-electron chi connectivity index (χ2n) is 5.95. The van der Waals surface area contributed by atoms with Gasteiger partial charge in [-0.1, -0.05) is 5.16 Å². The third kappa shape index (κ3) is 3.01. The molecule has 0 amide bonds. The highest BCUT2D eigenvalue weighted by Crippen LogP contribution is 2.29. The minimum atomic E-state index is 0.463. The summed E-state index contributed by atoms with van der Waals surface area (Å²) in [5, 5.41) is 7.65. The van der Waals surface area contributed by atoms with Gasteiger partial charge < -0.3 is 14.3 Å². The average Bonchev–Trinajstić information content (AvgIpc) is 2.93. The van der Waals surface area contributed by atoms with Gasteiger partial charge in [0.15, 0.2) is 11.6 Å². The van der Waals surface area contributed by atoms with Crippen molar-refractivity contribution in [2.24, 2.45) is 0 Å². The molecule has 4 rings (SSSR count). The number of hydrogen-bond acceptors (Lipinski definition) is 6. The lowest BCUT2D eigenvalue weighted by molar-refractivity contribution is 0.222. The minimum Gasteiger partial charge on any atom is -0.459 e. The van der Waals surface area contributed by atoms with Crippen LogP contribution in [0.3, 0.4) is 0 Å². The van der Waals surface area contributed by atoms with Gasteiger partial charge in [0.25, 0.3) is 5.89 Å². The summed E-state index contributed by atoms with van der Waals surface area (Å²) in [6.45, 7) is 2.98. The minimum absolute atomic E-state index is 0.463. The molecule has 6 nitrogen and oxygen atoms in total. The van der Waals surface area contributed by atoms with Gasteiger partial charge in [-0.3, -0.25) is 4.90 Å². The molecule has 2 fully saturated rings. The van der Waals surface area contributed by atoms with E-state index in [-0.39, 0.29) is 0 Å². The normalized spacial score (nSPS) is 22.2. The fourth-order valence-electron chi connectivity index (χ4n) is 2.98. The zero-order valence-corrected chi connectivity index (χ0v) is 12.0. The first-order valence-corrected chi connectivity index (χ1v) is 7.72. The zero-order valence-electron chi connectivity index (χ0n) is 12.0. The van der Waals surface area contributed by atoms with Crippen LogP contribution in [0.15, 0.2) is 27.3 Å². The first-order chi connectivity index (χ1) is 10.4. The van der Waals surface area contributed by atoms with Crippen molar-refractivity contribution in [2.45, 2.75) is 44.3 Å². The summed E-state index contributed by atoms with van der Waals surface area (Å²) < 4.78 is 10.6. The van der Waals surface area contributed by atoms with Crippen LogP contribution in [-0.2, 0) is 6.54 Å². The van der Waals surface area contributed by atoms with Crippen LogP contribution in [0, 0.1) is 0 Å². The largest absolute Gasteiger partial charge is 0.459 e. The third-order valence-electron chi connectivity index (χ3n) is 4.23. The predicted molar refractivity (Wildman–Crippen MR) is 76.5 cm³/mol. The van der Waals surface area contributed by atoms with Gasteiger partial charge in [-0.05, 0) is 44.4 Å². The molecule has 0 bridgehead atoms. The molecule has 3 heterocycles. The van der Waals surface area contributed by atoms with Crippen molar-refractivity contribution in [2.75, 3.05) is 13.1 Å². The van der Waals surface area contributed by atoms with Gasteiger partial charge in [0.1, 0.15) is 0 Å². The second-order valence-corrected chi connectivity index (χ2v) is 5.95. The molecule has 2 aromatic rings. The van der Waals surface area contributed by atoms with Crippen molar-refractivity contribution >= 4 is 0 Å². The molecular formula is C15H20N4O2. The summed E-state index contributed by atoms with van der Waals surface area (Å²) in [5.74, 6) is 1.83. The summed E-state index contributed by atoms with van der Waals surface area (Å²) in [7, 11) is 0. The molecule has 0 spiro atoms. The molecule has 1 aliphatic heterocycles. The van der Waals surface area contributed by atoms with E-state index in [9.17, 15) is 0 Å². The molecule has 1 saturated carbocycles.